The minimum Gasteiger partial charge on any atom is -0.160 e. The minimum absolute atomic E-state index is 0.493. The van der Waals surface area contributed by atoms with E-state index in [4.69, 9.17) is 17.0 Å². The molecule has 0 fully saturated rings. The fourth-order valence-electron chi connectivity index (χ4n) is 4.27. The summed E-state index contributed by atoms with van der Waals surface area (Å²) in [6, 6.07) is 35.0. The summed E-state index contributed by atoms with van der Waals surface area (Å²) in [6.07, 6.45) is 0. The van der Waals surface area contributed by atoms with Crippen LogP contribution in [0.4, 0.5) is 0 Å². The van der Waals surface area contributed by atoms with Gasteiger partial charge in [0.2, 0.25) is 0 Å². The van der Waals surface area contributed by atoms with Crippen LogP contribution >= 0.6 is 24.9 Å². The van der Waals surface area contributed by atoms with Gasteiger partial charge >= 0.3 is 37.9 Å². The molecule has 0 radical (unpaired) electrons. The molecule has 0 aliphatic heterocycles. The van der Waals surface area contributed by atoms with Crippen molar-refractivity contribution >= 4 is 51.6 Å². The predicted molar refractivity (Wildman–Crippen MR) is 156 cm³/mol. The molecule has 0 bridgehead atoms. The van der Waals surface area contributed by atoms with Gasteiger partial charge in [-0.3, -0.25) is 0 Å². The third kappa shape index (κ3) is 7.05. The Morgan fingerprint density at radius 2 is 1.11 bits per heavy atom. The second kappa shape index (κ2) is 13.7. The van der Waals surface area contributed by atoms with Crippen LogP contribution in [0.25, 0.3) is 10.8 Å². The Kier molecular flexibility index (Phi) is 11.0. The first-order valence-corrected chi connectivity index (χ1v) is 19.3. The molecule has 5 aromatic carbocycles. The van der Waals surface area contributed by atoms with E-state index in [1.165, 1.54) is 54.5 Å². The van der Waals surface area contributed by atoms with Gasteiger partial charge in [-0.25, -0.2) is 0 Å². The van der Waals surface area contributed by atoms with Gasteiger partial charge in [-0.2, -0.15) is 33.9 Å². The van der Waals surface area contributed by atoms with Gasteiger partial charge in [-0.15, -0.1) is 40.3 Å². The quantitative estimate of drug-likeness (QED) is 0.145. The molecule has 178 valence electrons. The Morgan fingerprint density at radius 1 is 0.686 bits per heavy atom. The van der Waals surface area contributed by atoms with Gasteiger partial charge in [0.25, 0.3) is 0 Å². The molecule has 5 rings (SSSR count). The normalized spacial score (nSPS) is 10.3. The van der Waals surface area contributed by atoms with E-state index < -0.39 is 28.8 Å². The van der Waals surface area contributed by atoms with E-state index in [0.29, 0.717) is 0 Å². The molecular formula is C31H31Cl2PZr. The minimum atomic E-state index is -0.826. The second-order valence-corrected chi connectivity index (χ2v) is 14.5. The zero-order valence-corrected chi connectivity index (χ0v) is 25.8. The van der Waals surface area contributed by atoms with Crippen molar-refractivity contribution in [2.45, 2.75) is 34.6 Å². The summed E-state index contributed by atoms with van der Waals surface area (Å²) in [6.45, 7) is 11.0. The molecule has 0 nitrogen and oxygen atoms in total. The molecule has 4 heteroatoms. The predicted octanol–water partition coefficient (Wildman–Crippen LogP) is 8.64. The smallest absolute Gasteiger partial charge is 0.0166 e. The molecule has 0 heterocycles. The molecular weight excluding hydrogens is 565 g/mol. The summed E-state index contributed by atoms with van der Waals surface area (Å²) in [4.78, 5) is 0. The van der Waals surface area contributed by atoms with E-state index in [0.717, 1.165) is 0 Å². The van der Waals surface area contributed by atoms with Crippen molar-refractivity contribution < 1.29 is 20.8 Å². The fourth-order valence-corrected chi connectivity index (χ4v) is 6.64. The molecule has 0 amide bonds. The Labute approximate surface area is 230 Å². The molecule has 0 unspecified atom stereocenters. The van der Waals surface area contributed by atoms with Gasteiger partial charge < -0.3 is 0 Å². The van der Waals surface area contributed by atoms with E-state index in [-0.39, 0.29) is 0 Å². The van der Waals surface area contributed by atoms with Crippen molar-refractivity contribution in [1.82, 2.24) is 0 Å². The van der Waals surface area contributed by atoms with Crippen LogP contribution in [0.2, 0.25) is 0 Å². The first-order chi connectivity index (χ1) is 16.9. The van der Waals surface area contributed by atoms with Crippen LogP contribution in [0, 0.1) is 34.6 Å². The van der Waals surface area contributed by atoms with Crippen LogP contribution in [0.1, 0.15) is 27.8 Å². The average Bonchev–Trinajstić information content (AvgIpc) is 3.38. The largest absolute Gasteiger partial charge is 0.160 e. The Hall–Kier alpha value is -1.49. The zero-order chi connectivity index (χ0) is 25.4. The van der Waals surface area contributed by atoms with Gasteiger partial charge in [-0.05, 0) is 18.5 Å². The van der Waals surface area contributed by atoms with Gasteiger partial charge in [0, 0.05) is 0 Å². The van der Waals surface area contributed by atoms with E-state index in [2.05, 4.69) is 132 Å². The van der Waals surface area contributed by atoms with Crippen molar-refractivity contribution in [1.29, 1.82) is 0 Å². The third-order valence-electron chi connectivity index (χ3n) is 6.70. The van der Waals surface area contributed by atoms with Crippen molar-refractivity contribution in [2.75, 3.05) is 0 Å². The van der Waals surface area contributed by atoms with Crippen LogP contribution in [0.3, 0.4) is 0 Å². The average molecular weight is 597 g/mol. The number of rotatable bonds is 3. The van der Waals surface area contributed by atoms with Crippen LogP contribution in [-0.2, 0) is 20.8 Å². The van der Waals surface area contributed by atoms with Crippen LogP contribution in [0.5, 0.6) is 0 Å². The molecule has 0 saturated carbocycles. The maximum atomic E-state index is 4.93. The molecule has 0 spiro atoms. The van der Waals surface area contributed by atoms with Crippen molar-refractivity contribution in [3.8, 4) is 0 Å². The fraction of sp³-hybridized carbons (Fsp3) is 0.161. The second-order valence-electron chi connectivity index (χ2n) is 8.55. The van der Waals surface area contributed by atoms with Gasteiger partial charge in [-0.1, -0.05) is 101 Å². The van der Waals surface area contributed by atoms with Crippen molar-refractivity contribution in [2.24, 2.45) is 0 Å². The zero-order valence-electron chi connectivity index (χ0n) is 20.9. The van der Waals surface area contributed by atoms with Crippen LogP contribution in [-0.4, -0.2) is 0 Å². The summed E-state index contributed by atoms with van der Waals surface area (Å²) in [7, 11) is 9.37. The van der Waals surface area contributed by atoms with E-state index in [9.17, 15) is 0 Å². The van der Waals surface area contributed by atoms with E-state index >= 15 is 0 Å². The first kappa shape index (κ1) is 28.1. The van der Waals surface area contributed by atoms with Crippen LogP contribution < -0.4 is 15.9 Å². The maximum Gasteiger partial charge on any atom is -0.0166 e. The summed E-state index contributed by atoms with van der Waals surface area (Å²) in [5, 5.41) is 6.89. The topological polar surface area (TPSA) is 0 Å². The Balaban J connectivity index is 0.000000221. The maximum absolute atomic E-state index is 4.93. The van der Waals surface area contributed by atoms with Gasteiger partial charge in [0.1, 0.15) is 0 Å². The molecule has 0 N–H and O–H groups in total. The molecule has 5 aromatic rings. The SMILES string of the molecule is Cc1c(C)c(C)[c-](C)c1C.[Cl][Zr+2][Cl].c1ccc(P(c2ccccc2)c2cc3ccccc3[cH-]2)cc1. The Morgan fingerprint density at radius 3 is 1.51 bits per heavy atom. The standard InChI is InChI=1S/C21H16P.C10H15.2ClH.Zr/c1-3-11-19(12-4-1)22(20-13-5-2-6-14-20)21-15-17-9-7-8-10-18(17)16-21;1-6-7(2)9(4)10(5)8(6)3;;;/h1-16H;1-5H3;2*1H;/q2*-1;;;+4/p-2. The molecule has 0 aliphatic rings. The summed E-state index contributed by atoms with van der Waals surface area (Å²) in [5.74, 6) is 0. The monoisotopic (exact) mass is 594 g/mol. The van der Waals surface area contributed by atoms with Gasteiger partial charge in [0.15, 0.2) is 0 Å². The molecule has 0 saturated heterocycles. The van der Waals surface area contributed by atoms with Crippen molar-refractivity contribution in [3.63, 3.8) is 0 Å². The number of halogens is 2. The molecule has 0 aromatic heterocycles. The van der Waals surface area contributed by atoms with E-state index in [1.54, 1.807) is 0 Å². The number of benzene rings is 3. The Bertz CT molecular complexity index is 1180. The summed E-state index contributed by atoms with van der Waals surface area (Å²) in [5.41, 5.74) is 7.34. The van der Waals surface area contributed by atoms with Crippen molar-refractivity contribution in [3.05, 3.63) is 125 Å². The number of hydrogen-bond donors (Lipinski definition) is 0. The third-order valence-corrected chi connectivity index (χ3v) is 9.11. The molecule has 35 heavy (non-hydrogen) atoms. The summed E-state index contributed by atoms with van der Waals surface area (Å²) >= 11 is -0.826. The van der Waals surface area contributed by atoms with Crippen LogP contribution in [0.15, 0.2) is 97.1 Å². The van der Waals surface area contributed by atoms with Gasteiger partial charge in [0.05, 0.1) is 0 Å². The molecule has 0 aliphatic carbocycles. The van der Waals surface area contributed by atoms with E-state index in [1.807, 2.05) is 0 Å². The first-order valence-electron chi connectivity index (χ1n) is 11.6. The summed E-state index contributed by atoms with van der Waals surface area (Å²) < 4.78 is 0. The number of hydrogen-bond acceptors (Lipinski definition) is 0. The molecule has 0 atom stereocenters. The number of fused-ring (bicyclic) bond motifs is 1.